The third-order valence-corrected chi connectivity index (χ3v) is 6.82. The predicted molar refractivity (Wildman–Crippen MR) is 128 cm³/mol. The van der Waals surface area contributed by atoms with Gasteiger partial charge in [-0.25, -0.2) is 8.42 Å². The summed E-state index contributed by atoms with van der Waals surface area (Å²) in [5, 5.41) is 2.87. The molecule has 166 valence electrons. The minimum absolute atomic E-state index is 0.162. The Morgan fingerprint density at radius 3 is 2.19 bits per heavy atom. The molecule has 1 aliphatic rings. The number of hydrogen-bond acceptors (Lipinski definition) is 5. The first-order chi connectivity index (χ1) is 15.4. The smallest absolute Gasteiger partial charge is 0.261 e. The van der Waals surface area contributed by atoms with Crippen molar-refractivity contribution in [3.63, 3.8) is 0 Å². The quantitative estimate of drug-likeness (QED) is 0.601. The minimum Gasteiger partial charge on any atom is -0.369 e. The largest absolute Gasteiger partial charge is 0.369 e. The van der Waals surface area contributed by atoms with Crippen molar-refractivity contribution in [2.45, 2.75) is 4.90 Å². The van der Waals surface area contributed by atoms with Crippen molar-refractivity contribution < 1.29 is 13.2 Å². The number of sulfonamides is 1. The lowest BCUT2D eigenvalue weighted by atomic mass is 10.2. The topological polar surface area (TPSA) is 81.8 Å². The molecule has 3 aromatic rings. The molecule has 1 heterocycles. The summed E-state index contributed by atoms with van der Waals surface area (Å²) in [6.07, 6.45) is 0. The molecule has 0 aromatic heterocycles. The van der Waals surface area contributed by atoms with E-state index in [1.54, 1.807) is 36.4 Å². The molecule has 1 fully saturated rings. The lowest BCUT2D eigenvalue weighted by Gasteiger charge is -2.34. The molecule has 0 spiro atoms. The highest BCUT2D eigenvalue weighted by atomic mass is 32.2. The zero-order valence-electron chi connectivity index (χ0n) is 17.9. The second-order valence-corrected chi connectivity index (χ2v) is 9.47. The highest BCUT2D eigenvalue weighted by Crippen LogP contribution is 2.21. The van der Waals surface area contributed by atoms with Crippen molar-refractivity contribution >= 4 is 33.0 Å². The van der Waals surface area contributed by atoms with Gasteiger partial charge in [-0.05, 0) is 61.6 Å². The van der Waals surface area contributed by atoms with Gasteiger partial charge < -0.3 is 15.1 Å². The van der Waals surface area contributed by atoms with Gasteiger partial charge in [0.05, 0.1) is 4.90 Å². The molecule has 7 nitrogen and oxygen atoms in total. The van der Waals surface area contributed by atoms with Crippen LogP contribution in [-0.2, 0) is 10.0 Å². The van der Waals surface area contributed by atoms with E-state index in [2.05, 4.69) is 26.9 Å². The van der Waals surface area contributed by atoms with E-state index in [0.29, 0.717) is 16.9 Å². The number of rotatable bonds is 6. The summed E-state index contributed by atoms with van der Waals surface area (Å²) in [5.41, 5.74) is 2.50. The average molecular weight is 451 g/mol. The molecular formula is C24H26N4O3S. The number of hydrogen-bond donors (Lipinski definition) is 2. The highest BCUT2D eigenvalue weighted by molar-refractivity contribution is 7.92. The third kappa shape index (κ3) is 5.27. The van der Waals surface area contributed by atoms with Crippen molar-refractivity contribution in [2.24, 2.45) is 0 Å². The summed E-state index contributed by atoms with van der Waals surface area (Å²) in [7, 11) is -1.60. The molecule has 4 rings (SSSR count). The molecule has 32 heavy (non-hydrogen) atoms. The first-order valence-electron chi connectivity index (χ1n) is 10.4. The van der Waals surface area contributed by atoms with Gasteiger partial charge in [0.15, 0.2) is 0 Å². The van der Waals surface area contributed by atoms with Crippen molar-refractivity contribution in [1.29, 1.82) is 0 Å². The van der Waals surface area contributed by atoms with Crippen LogP contribution in [0.5, 0.6) is 0 Å². The number of anilines is 3. The molecule has 1 saturated heterocycles. The van der Waals surface area contributed by atoms with Gasteiger partial charge in [0.2, 0.25) is 0 Å². The van der Waals surface area contributed by atoms with Crippen LogP contribution in [0.15, 0.2) is 83.8 Å². The van der Waals surface area contributed by atoms with Gasteiger partial charge in [-0.1, -0.05) is 24.3 Å². The van der Waals surface area contributed by atoms with E-state index in [1.807, 2.05) is 24.3 Å². The number of amides is 1. The molecule has 0 saturated carbocycles. The first kappa shape index (κ1) is 21.9. The maximum absolute atomic E-state index is 12.7. The Bertz CT molecular complexity index is 1170. The van der Waals surface area contributed by atoms with Gasteiger partial charge >= 0.3 is 0 Å². The molecule has 2 N–H and O–H groups in total. The van der Waals surface area contributed by atoms with Crippen molar-refractivity contribution in [1.82, 2.24) is 4.90 Å². The normalized spacial score (nSPS) is 14.7. The van der Waals surface area contributed by atoms with E-state index in [1.165, 1.54) is 18.2 Å². The number of nitrogens with zero attached hydrogens (tertiary/aromatic N) is 2. The summed E-state index contributed by atoms with van der Waals surface area (Å²) < 4.78 is 27.6. The zero-order valence-corrected chi connectivity index (χ0v) is 18.7. The number of piperazine rings is 1. The summed E-state index contributed by atoms with van der Waals surface area (Å²) in [5.74, 6) is -0.307. The van der Waals surface area contributed by atoms with Crippen LogP contribution in [0.3, 0.4) is 0 Å². The standard InChI is InChI=1S/C24H26N4O3S/c1-27-14-16-28(17-15-27)22-12-10-20(11-13-22)25-24(29)19-6-5-7-21(18-19)26-32(30,31)23-8-3-2-4-9-23/h2-13,18,26H,14-17H2,1H3,(H,25,29). The van der Waals surface area contributed by atoms with Crippen LogP contribution in [0, 0.1) is 0 Å². The number of carbonyl (C=O) groups excluding carboxylic acids is 1. The fourth-order valence-corrected chi connectivity index (χ4v) is 4.63. The van der Waals surface area contributed by atoms with E-state index < -0.39 is 10.0 Å². The molecule has 3 aromatic carbocycles. The van der Waals surface area contributed by atoms with Gasteiger partial charge in [0, 0.05) is 48.8 Å². The molecule has 1 amide bonds. The van der Waals surface area contributed by atoms with E-state index in [-0.39, 0.29) is 10.8 Å². The van der Waals surface area contributed by atoms with Gasteiger partial charge in [0.1, 0.15) is 0 Å². The maximum Gasteiger partial charge on any atom is 0.261 e. The highest BCUT2D eigenvalue weighted by Gasteiger charge is 2.16. The Hall–Kier alpha value is -3.36. The van der Waals surface area contributed by atoms with E-state index in [9.17, 15) is 13.2 Å². The van der Waals surface area contributed by atoms with E-state index in [4.69, 9.17) is 0 Å². The third-order valence-electron chi connectivity index (χ3n) is 5.42. The Morgan fingerprint density at radius 1 is 0.812 bits per heavy atom. The Morgan fingerprint density at radius 2 is 1.50 bits per heavy atom. The summed E-state index contributed by atoms with van der Waals surface area (Å²) >= 11 is 0. The second-order valence-electron chi connectivity index (χ2n) is 7.79. The van der Waals surface area contributed by atoms with Crippen LogP contribution >= 0.6 is 0 Å². The molecule has 1 aliphatic heterocycles. The van der Waals surface area contributed by atoms with Gasteiger partial charge in [0.25, 0.3) is 15.9 Å². The number of benzene rings is 3. The van der Waals surface area contributed by atoms with Gasteiger partial charge in [-0.15, -0.1) is 0 Å². The lowest BCUT2D eigenvalue weighted by molar-refractivity contribution is 0.102. The van der Waals surface area contributed by atoms with E-state index >= 15 is 0 Å². The fraction of sp³-hybridized carbons (Fsp3) is 0.208. The zero-order chi connectivity index (χ0) is 22.6. The van der Waals surface area contributed by atoms with Crippen LogP contribution in [0.2, 0.25) is 0 Å². The summed E-state index contributed by atoms with van der Waals surface area (Å²) in [6.45, 7) is 4.02. The molecule has 0 radical (unpaired) electrons. The summed E-state index contributed by atoms with van der Waals surface area (Å²) in [4.78, 5) is 17.5. The second kappa shape index (κ2) is 9.42. The number of likely N-dealkylation sites (N-methyl/N-ethyl adjacent to an activating group) is 1. The van der Waals surface area contributed by atoms with Gasteiger partial charge in [-0.3, -0.25) is 9.52 Å². The van der Waals surface area contributed by atoms with Crippen molar-refractivity contribution in [3.8, 4) is 0 Å². The lowest BCUT2D eigenvalue weighted by Crippen LogP contribution is -2.44. The maximum atomic E-state index is 12.7. The summed E-state index contributed by atoms with van der Waals surface area (Å²) in [6, 6.07) is 22.3. The Balaban J connectivity index is 1.42. The molecule has 0 aliphatic carbocycles. The minimum atomic E-state index is -3.72. The predicted octanol–water partition coefficient (Wildman–Crippen LogP) is 3.49. The van der Waals surface area contributed by atoms with Gasteiger partial charge in [-0.2, -0.15) is 0 Å². The van der Waals surface area contributed by atoms with Crippen molar-refractivity contribution in [3.05, 3.63) is 84.4 Å². The molecule has 0 bridgehead atoms. The van der Waals surface area contributed by atoms with Crippen LogP contribution in [0.1, 0.15) is 10.4 Å². The van der Waals surface area contributed by atoms with Crippen LogP contribution < -0.4 is 14.9 Å². The molecule has 8 heteroatoms. The SMILES string of the molecule is CN1CCN(c2ccc(NC(=O)c3cccc(NS(=O)(=O)c4ccccc4)c3)cc2)CC1. The van der Waals surface area contributed by atoms with E-state index in [0.717, 1.165) is 31.9 Å². The molecule has 0 unspecified atom stereocenters. The monoisotopic (exact) mass is 450 g/mol. The molecular weight excluding hydrogens is 424 g/mol. The van der Waals surface area contributed by atoms with Crippen LogP contribution in [-0.4, -0.2) is 52.5 Å². The Labute approximate surface area is 188 Å². The average Bonchev–Trinajstić information content (AvgIpc) is 2.81. The first-order valence-corrected chi connectivity index (χ1v) is 11.9. The molecule has 0 atom stereocenters. The fourth-order valence-electron chi connectivity index (χ4n) is 3.56. The van der Waals surface area contributed by atoms with Crippen LogP contribution in [0.4, 0.5) is 17.1 Å². The number of nitrogens with one attached hydrogen (secondary N) is 2. The van der Waals surface area contributed by atoms with Crippen molar-refractivity contribution in [2.75, 3.05) is 48.2 Å². The Kier molecular flexibility index (Phi) is 6.43. The number of carbonyl (C=O) groups is 1. The van der Waals surface area contributed by atoms with Crippen LogP contribution in [0.25, 0.3) is 0 Å².